The SMILES string of the molecule is CC(CN)(NCc1nc(N)c2c3c(sc2n1)CCCC3)C1CC1.Cl. The Labute approximate surface area is 153 Å². The summed E-state index contributed by atoms with van der Waals surface area (Å²) in [6, 6.07) is 0. The number of hydrogen-bond donors (Lipinski definition) is 3. The molecule has 1 unspecified atom stereocenters. The van der Waals surface area contributed by atoms with Crippen LogP contribution in [-0.4, -0.2) is 22.1 Å². The van der Waals surface area contributed by atoms with Crippen molar-refractivity contribution in [3.63, 3.8) is 0 Å². The molecule has 0 aliphatic heterocycles. The molecule has 1 saturated carbocycles. The van der Waals surface area contributed by atoms with Crippen molar-refractivity contribution in [2.45, 2.75) is 57.5 Å². The number of rotatable bonds is 5. The summed E-state index contributed by atoms with van der Waals surface area (Å²) in [5, 5.41) is 4.69. The molecule has 0 radical (unpaired) electrons. The normalized spacial score (nSPS) is 19.6. The van der Waals surface area contributed by atoms with Crippen molar-refractivity contribution in [1.82, 2.24) is 15.3 Å². The zero-order chi connectivity index (χ0) is 16.0. The third-order valence-electron chi connectivity index (χ3n) is 5.44. The maximum Gasteiger partial charge on any atom is 0.146 e. The Morgan fingerprint density at radius 2 is 2.00 bits per heavy atom. The van der Waals surface area contributed by atoms with Crippen LogP contribution in [0.5, 0.6) is 0 Å². The molecule has 0 amide bonds. The first-order chi connectivity index (χ1) is 11.1. The molecular weight excluding hydrogens is 342 g/mol. The van der Waals surface area contributed by atoms with Gasteiger partial charge in [0, 0.05) is 17.0 Å². The van der Waals surface area contributed by atoms with Crippen LogP contribution in [-0.2, 0) is 19.4 Å². The van der Waals surface area contributed by atoms with E-state index in [0.29, 0.717) is 24.8 Å². The van der Waals surface area contributed by atoms with Gasteiger partial charge in [-0.2, -0.15) is 0 Å². The lowest BCUT2D eigenvalue weighted by atomic mass is 9.96. The molecule has 2 aromatic heterocycles. The number of nitrogens with two attached hydrogens (primary N) is 2. The van der Waals surface area contributed by atoms with Gasteiger partial charge in [-0.25, -0.2) is 9.97 Å². The van der Waals surface area contributed by atoms with Gasteiger partial charge in [-0.3, -0.25) is 0 Å². The van der Waals surface area contributed by atoms with Gasteiger partial charge in [0.15, 0.2) is 0 Å². The molecule has 5 N–H and O–H groups in total. The fourth-order valence-corrected chi connectivity index (χ4v) is 4.98. The van der Waals surface area contributed by atoms with E-state index >= 15 is 0 Å². The van der Waals surface area contributed by atoms with Crippen LogP contribution in [0.1, 0.15) is 48.9 Å². The molecule has 24 heavy (non-hydrogen) atoms. The minimum absolute atomic E-state index is 0. The molecule has 2 aromatic rings. The smallest absolute Gasteiger partial charge is 0.146 e. The second kappa shape index (κ2) is 6.75. The first-order valence-corrected chi connectivity index (χ1v) is 9.44. The molecular formula is C17H26ClN5S. The number of thiophene rings is 1. The molecule has 7 heteroatoms. The third-order valence-corrected chi connectivity index (χ3v) is 6.63. The number of hydrogen-bond acceptors (Lipinski definition) is 6. The number of anilines is 1. The van der Waals surface area contributed by atoms with E-state index in [9.17, 15) is 0 Å². The van der Waals surface area contributed by atoms with Gasteiger partial charge in [0.25, 0.3) is 0 Å². The van der Waals surface area contributed by atoms with Crippen LogP contribution < -0.4 is 16.8 Å². The Balaban J connectivity index is 0.00000169. The summed E-state index contributed by atoms with van der Waals surface area (Å²) >= 11 is 1.80. The summed E-state index contributed by atoms with van der Waals surface area (Å²) in [5.41, 5.74) is 13.6. The molecule has 5 nitrogen and oxygen atoms in total. The second-order valence-electron chi connectivity index (χ2n) is 7.17. The minimum Gasteiger partial charge on any atom is -0.383 e. The first-order valence-electron chi connectivity index (χ1n) is 8.62. The second-order valence-corrected chi connectivity index (χ2v) is 8.25. The quantitative estimate of drug-likeness (QED) is 0.756. The van der Waals surface area contributed by atoms with Crippen molar-refractivity contribution in [2.24, 2.45) is 11.7 Å². The third kappa shape index (κ3) is 3.12. The van der Waals surface area contributed by atoms with E-state index < -0.39 is 0 Å². The standard InChI is InChI=1S/C17H25N5S.ClH/c1-17(9-18,10-6-7-10)20-8-13-21-15(19)14-11-4-2-3-5-12(11)23-16(14)22-13;/h10,20H,2-9,18H2,1H3,(H2,19,21,22);1H. The van der Waals surface area contributed by atoms with Crippen LogP contribution in [0.3, 0.4) is 0 Å². The van der Waals surface area contributed by atoms with Crippen molar-refractivity contribution in [1.29, 1.82) is 0 Å². The average molecular weight is 368 g/mol. The molecule has 0 bridgehead atoms. The minimum atomic E-state index is -0.0121. The largest absolute Gasteiger partial charge is 0.383 e. The van der Waals surface area contributed by atoms with Gasteiger partial charge in [0.05, 0.1) is 11.9 Å². The number of nitrogens with one attached hydrogen (secondary N) is 1. The zero-order valence-electron chi connectivity index (χ0n) is 14.1. The van der Waals surface area contributed by atoms with Crippen molar-refractivity contribution in [3.8, 4) is 0 Å². The van der Waals surface area contributed by atoms with Crippen molar-refractivity contribution in [3.05, 3.63) is 16.3 Å². The highest BCUT2D eigenvalue weighted by atomic mass is 35.5. The van der Waals surface area contributed by atoms with Crippen molar-refractivity contribution in [2.75, 3.05) is 12.3 Å². The van der Waals surface area contributed by atoms with Crippen LogP contribution >= 0.6 is 23.7 Å². The lowest BCUT2D eigenvalue weighted by molar-refractivity contribution is 0.314. The maximum absolute atomic E-state index is 6.27. The summed E-state index contributed by atoms with van der Waals surface area (Å²) in [6.07, 6.45) is 7.33. The van der Waals surface area contributed by atoms with Gasteiger partial charge < -0.3 is 16.8 Å². The van der Waals surface area contributed by atoms with Crippen LogP contribution in [0.25, 0.3) is 10.2 Å². The maximum atomic E-state index is 6.27. The summed E-state index contributed by atoms with van der Waals surface area (Å²) in [5.74, 6) is 2.11. The molecule has 2 aliphatic carbocycles. The number of fused-ring (bicyclic) bond motifs is 3. The van der Waals surface area contributed by atoms with Gasteiger partial charge in [-0.15, -0.1) is 23.7 Å². The average Bonchev–Trinajstić information content (AvgIpc) is 3.34. The van der Waals surface area contributed by atoms with Gasteiger partial charge >= 0.3 is 0 Å². The van der Waals surface area contributed by atoms with E-state index in [2.05, 4.69) is 17.2 Å². The predicted molar refractivity (Wildman–Crippen MR) is 103 cm³/mol. The Morgan fingerprint density at radius 3 is 2.71 bits per heavy atom. The number of nitrogen functional groups attached to an aromatic ring is 1. The number of halogens is 1. The topological polar surface area (TPSA) is 89.8 Å². The fraction of sp³-hybridized carbons (Fsp3) is 0.647. The lowest BCUT2D eigenvalue weighted by Crippen LogP contribution is -2.50. The van der Waals surface area contributed by atoms with E-state index in [0.717, 1.165) is 28.9 Å². The number of aromatic nitrogens is 2. The van der Waals surface area contributed by atoms with Gasteiger partial charge in [0.1, 0.15) is 16.5 Å². The van der Waals surface area contributed by atoms with E-state index in [1.54, 1.807) is 11.3 Å². The van der Waals surface area contributed by atoms with Crippen molar-refractivity contribution < 1.29 is 0 Å². The lowest BCUT2D eigenvalue weighted by Gasteiger charge is -2.29. The summed E-state index contributed by atoms with van der Waals surface area (Å²) in [6.45, 7) is 3.48. The van der Waals surface area contributed by atoms with Crippen LogP contribution in [0.4, 0.5) is 5.82 Å². The fourth-order valence-electron chi connectivity index (χ4n) is 3.70. The molecule has 0 saturated heterocycles. The Bertz CT molecular complexity index is 742. The summed E-state index contributed by atoms with van der Waals surface area (Å²) in [4.78, 5) is 11.9. The van der Waals surface area contributed by atoms with E-state index in [4.69, 9.17) is 16.5 Å². The highest BCUT2D eigenvalue weighted by Crippen LogP contribution is 2.40. The van der Waals surface area contributed by atoms with Gasteiger partial charge in [-0.1, -0.05) is 0 Å². The molecule has 2 heterocycles. The summed E-state index contributed by atoms with van der Waals surface area (Å²) < 4.78 is 0. The zero-order valence-corrected chi connectivity index (χ0v) is 15.7. The highest BCUT2D eigenvalue weighted by molar-refractivity contribution is 7.19. The molecule has 4 rings (SSSR count). The number of nitrogens with zero attached hydrogens (tertiary/aromatic N) is 2. The Hall–Kier alpha value is -0.950. The van der Waals surface area contributed by atoms with E-state index in [1.807, 2.05) is 0 Å². The Kier molecular flexibility index (Phi) is 5.02. The van der Waals surface area contributed by atoms with Crippen LogP contribution in [0.15, 0.2) is 0 Å². The van der Waals surface area contributed by atoms with Crippen LogP contribution in [0.2, 0.25) is 0 Å². The van der Waals surface area contributed by atoms with Gasteiger partial charge in [0.2, 0.25) is 0 Å². The Morgan fingerprint density at radius 1 is 1.25 bits per heavy atom. The molecule has 2 aliphatic rings. The molecule has 0 aromatic carbocycles. The predicted octanol–water partition coefficient (Wildman–Crippen LogP) is 2.79. The molecule has 132 valence electrons. The monoisotopic (exact) mass is 367 g/mol. The van der Waals surface area contributed by atoms with Gasteiger partial charge in [-0.05, 0) is 56.9 Å². The van der Waals surface area contributed by atoms with Crippen molar-refractivity contribution >= 4 is 39.8 Å². The molecule has 1 fully saturated rings. The molecule has 0 spiro atoms. The van der Waals surface area contributed by atoms with Crippen LogP contribution in [0, 0.1) is 5.92 Å². The summed E-state index contributed by atoms with van der Waals surface area (Å²) in [7, 11) is 0. The highest BCUT2D eigenvalue weighted by Gasteiger charge is 2.40. The van der Waals surface area contributed by atoms with E-state index in [-0.39, 0.29) is 17.9 Å². The molecule has 1 atom stereocenters. The number of aryl methyl sites for hydroxylation is 2. The first kappa shape index (κ1) is 17.9. The van der Waals surface area contributed by atoms with E-state index in [1.165, 1.54) is 36.1 Å².